The predicted octanol–water partition coefficient (Wildman–Crippen LogP) is 20.6. The van der Waals surface area contributed by atoms with Crippen LogP contribution in [0.3, 0.4) is 0 Å². The van der Waals surface area contributed by atoms with Crippen LogP contribution in [0.5, 0.6) is 0 Å². The van der Waals surface area contributed by atoms with Crippen LogP contribution in [0.2, 0.25) is 0 Å². The molecule has 2 aliphatic heterocycles. The highest BCUT2D eigenvalue weighted by Gasteiger charge is 2.50. The summed E-state index contributed by atoms with van der Waals surface area (Å²) in [6.45, 7) is 13.5. The summed E-state index contributed by atoms with van der Waals surface area (Å²) in [5, 5.41) is 15.3. The summed E-state index contributed by atoms with van der Waals surface area (Å²) >= 11 is 0. The number of aromatic nitrogens is 2. The minimum atomic E-state index is -3.29. The average Bonchev–Trinajstić information content (AvgIpc) is 1.41. The van der Waals surface area contributed by atoms with Gasteiger partial charge in [0.05, 0.1) is 22.1 Å². The Balaban J connectivity index is 0.907. The fraction of sp³-hybridized carbons (Fsp3) is 0.0727. The minimum Gasteiger partial charge on any atom is -0.312 e. The van der Waals surface area contributed by atoms with Crippen LogP contribution in [0, 0.1) is 0 Å². The largest absolute Gasteiger partial charge is 0.312 e. The first-order chi connectivity index (χ1) is 57.4. The standard InChI is InChI=1S/C110H87BN4Si2/c1-109(2,3)78-66-62-76(63-67-78)88-50-33-52-92-90-48-25-27-54-96(90)112(107(88)92)80-70-72-98-94(74-80)111-95-75-81(113-97-55-28-26-49-91(97)93-53-34-51-89(108(93)113)77-64-68-79(69-65-77)110(4,5)6)71-73-99(95)115(101-57-30-32-61-105(101)117(85-42-19-10-20-43-85,86-44-21-11-22-45-86)87-46-23-12-24-47-87)103-59-35-58-102(106(103)111)114(98)100-56-29-31-60-104(100)116(82-36-13-7-14-37-82,83-38-15-8-16-39-83)84-40-17-9-18-41-84/h7-75H,1-6H3. The maximum absolute atomic E-state index is 3.29. The van der Waals surface area contributed by atoms with Gasteiger partial charge < -0.3 is 18.9 Å². The van der Waals surface area contributed by atoms with Crippen LogP contribution in [0.1, 0.15) is 52.7 Å². The quantitative estimate of drug-likeness (QED) is 0.0797. The third kappa shape index (κ3) is 11.3. The van der Waals surface area contributed by atoms with E-state index in [1.54, 1.807) is 0 Å². The average molecular weight is 1530 g/mol. The lowest BCUT2D eigenvalue weighted by molar-refractivity contribution is 0.590. The van der Waals surface area contributed by atoms with Gasteiger partial charge in [0.15, 0.2) is 16.1 Å². The molecule has 0 spiro atoms. The lowest BCUT2D eigenvalue weighted by atomic mass is 9.33. The van der Waals surface area contributed by atoms with Gasteiger partial charge in [-0.3, -0.25) is 0 Å². The molecule has 0 fully saturated rings. The molecular weight excluding hydrogens is 1440 g/mol. The van der Waals surface area contributed by atoms with Crippen LogP contribution in [-0.4, -0.2) is 32.0 Å². The summed E-state index contributed by atoms with van der Waals surface area (Å²) in [4.78, 5) is 5.41. The van der Waals surface area contributed by atoms with E-state index in [1.807, 2.05) is 0 Å². The lowest BCUT2D eigenvalue weighted by Gasteiger charge is -2.46. The first-order valence-corrected chi connectivity index (χ1v) is 45.2. The van der Waals surface area contributed by atoms with Crippen molar-refractivity contribution in [3.63, 3.8) is 0 Å². The zero-order valence-corrected chi connectivity index (χ0v) is 68.7. The highest BCUT2D eigenvalue weighted by molar-refractivity contribution is 7.21. The monoisotopic (exact) mass is 1530 g/mol. The Hall–Kier alpha value is -13.6. The molecule has 0 radical (unpaired) electrons. The molecule has 0 bridgehead atoms. The number of fused-ring (bicyclic) bond motifs is 10. The molecule has 4 nitrogen and oxygen atoms in total. The van der Waals surface area contributed by atoms with Crippen molar-refractivity contribution in [1.29, 1.82) is 0 Å². The van der Waals surface area contributed by atoms with E-state index >= 15 is 0 Å². The van der Waals surface area contributed by atoms with E-state index in [0.29, 0.717) is 0 Å². The molecular formula is C110H87BN4Si2. The Morgan fingerprint density at radius 1 is 0.239 bits per heavy atom. The Morgan fingerprint density at radius 3 is 0.872 bits per heavy atom. The van der Waals surface area contributed by atoms with E-state index in [-0.39, 0.29) is 17.5 Å². The molecule has 2 aromatic heterocycles. The van der Waals surface area contributed by atoms with E-state index in [1.165, 1.54) is 124 Å². The third-order valence-corrected chi connectivity index (χ3v) is 35.0. The van der Waals surface area contributed by atoms with E-state index < -0.39 is 16.1 Å². The van der Waals surface area contributed by atoms with Gasteiger partial charge >= 0.3 is 0 Å². The Morgan fingerprint density at radius 2 is 0.530 bits per heavy atom. The van der Waals surface area contributed by atoms with Gasteiger partial charge in [0, 0.05) is 78.2 Å². The Kier molecular flexibility index (Phi) is 17.2. The molecule has 0 saturated heterocycles. The molecule has 0 aliphatic carbocycles. The first-order valence-electron chi connectivity index (χ1n) is 41.2. The van der Waals surface area contributed by atoms with Crippen molar-refractivity contribution in [3.8, 4) is 33.6 Å². The Labute approximate surface area is 688 Å². The zero-order valence-electron chi connectivity index (χ0n) is 66.7. The molecule has 2 aliphatic rings. The molecule has 4 heterocycles. The van der Waals surface area contributed by atoms with Crippen molar-refractivity contribution >= 4 is 158 Å². The van der Waals surface area contributed by atoms with Gasteiger partial charge in [-0.25, -0.2) is 0 Å². The van der Waals surface area contributed by atoms with Gasteiger partial charge in [-0.2, -0.15) is 0 Å². The summed E-state index contributed by atoms with van der Waals surface area (Å²) in [5.41, 5.74) is 24.7. The van der Waals surface area contributed by atoms with Crippen LogP contribution >= 0.6 is 0 Å². The summed E-state index contributed by atoms with van der Waals surface area (Å²) < 4.78 is 5.18. The second-order valence-electron chi connectivity index (χ2n) is 33.8. The molecule has 17 aromatic carbocycles. The number of hydrogen-bond acceptors (Lipinski definition) is 2. The highest BCUT2D eigenvalue weighted by Crippen LogP contribution is 2.48. The lowest BCUT2D eigenvalue weighted by Crippen LogP contribution is -2.75. The number of rotatable bonds is 14. The Bertz CT molecular complexity index is 6400. The first kappa shape index (κ1) is 71.2. The van der Waals surface area contributed by atoms with Gasteiger partial charge in [-0.05, 0) is 164 Å². The van der Waals surface area contributed by atoms with Crippen LogP contribution in [0.25, 0.3) is 77.2 Å². The van der Waals surface area contributed by atoms with Crippen LogP contribution < -0.4 is 67.7 Å². The molecule has 7 heteroatoms. The molecule has 19 aromatic rings. The van der Waals surface area contributed by atoms with E-state index in [2.05, 4.69) is 479 Å². The van der Waals surface area contributed by atoms with E-state index in [0.717, 1.165) is 56.5 Å². The fourth-order valence-electron chi connectivity index (χ4n) is 20.1. The number of para-hydroxylation sites is 6. The second kappa shape index (κ2) is 28.2. The van der Waals surface area contributed by atoms with Gasteiger partial charge in [0.2, 0.25) is 0 Å². The topological polar surface area (TPSA) is 16.3 Å². The third-order valence-electron chi connectivity index (χ3n) is 25.3. The van der Waals surface area contributed by atoms with Crippen molar-refractivity contribution in [3.05, 3.63) is 430 Å². The van der Waals surface area contributed by atoms with Crippen molar-refractivity contribution in [2.75, 3.05) is 9.80 Å². The van der Waals surface area contributed by atoms with Gasteiger partial charge in [-0.15, -0.1) is 0 Å². The van der Waals surface area contributed by atoms with Crippen molar-refractivity contribution in [2.24, 2.45) is 0 Å². The summed E-state index contributed by atoms with van der Waals surface area (Å²) in [7, 11) is -6.58. The normalized spacial score (nSPS) is 12.8. The molecule has 558 valence electrons. The molecule has 0 saturated carbocycles. The SMILES string of the molecule is CC(C)(C)c1ccc(-c2cccc3c4ccccc4n(-c4ccc5c(c4)B4c6cc(-n7c8ccccc8c8cccc(-c9ccc(C(C)(C)C)cc9)c87)ccc6N(c6ccccc6[Si](c6ccccc6)(c6ccccc6)c6ccccc6)c6cccc(c64)N5c4ccccc4[Si](c4ccccc4)(c4ccccc4)c4ccccc4)c23)cc1. The van der Waals surface area contributed by atoms with Crippen LogP contribution in [-0.2, 0) is 10.8 Å². The van der Waals surface area contributed by atoms with Crippen molar-refractivity contribution in [1.82, 2.24) is 9.13 Å². The molecule has 0 atom stereocenters. The molecule has 0 N–H and O–H groups in total. The molecule has 117 heavy (non-hydrogen) atoms. The van der Waals surface area contributed by atoms with E-state index in [4.69, 9.17) is 0 Å². The summed E-state index contributed by atoms with van der Waals surface area (Å²) in [6.07, 6.45) is 0. The number of hydrogen-bond donors (Lipinski definition) is 0. The van der Waals surface area contributed by atoms with Crippen molar-refractivity contribution < 1.29 is 0 Å². The van der Waals surface area contributed by atoms with Gasteiger partial charge in [-0.1, -0.05) is 387 Å². The molecule has 0 unspecified atom stereocenters. The van der Waals surface area contributed by atoms with Crippen LogP contribution in [0.15, 0.2) is 419 Å². The zero-order chi connectivity index (χ0) is 78.7. The van der Waals surface area contributed by atoms with Crippen LogP contribution in [0.4, 0.5) is 34.1 Å². The summed E-state index contributed by atoms with van der Waals surface area (Å²) in [5.74, 6) is 0. The molecule has 0 amide bonds. The fourth-order valence-corrected chi connectivity index (χ4v) is 30.0. The maximum atomic E-state index is 2.70. The number of anilines is 6. The second-order valence-corrected chi connectivity index (χ2v) is 41.3. The van der Waals surface area contributed by atoms with Gasteiger partial charge in [0.25, 0.3) is 6.71 Å². The predicted molar refractivity (Wildman–Crippen MR) is 505 cm³/mol. The number of benzene rings is 17. The smallest absolute Gasteiger partial charge is 0.252 e. The minimum absolute atomic E-state index is 0.00714. The molecule has 21 rings (SSSR count). The number of nitrogens with zero attached hydrogens (tertiary/aromatic N) is 4. The highest BCUT2D eigenvalue weighted by atomic mass is 28.3. The summed E-state index contributed by atoms with van der Waals surface area (Å²) in [6, 6.07) is 161. The maximum Gasteiger partial charge on any atom is 0.252 e. The van der Waals surface area contributed by atoms with E-state index in [9.17, 15) is 0 Å². The van der Waals surface area contributed by atoms with Crippen molar-refractivity contribution in [2.45, 2.75) is 52.4 Å². The van der Waals surface area contributed by atoms with Gasteiger partial charge in [0.1, 0.15) is 0 Å².